The molecule has 0 bridgehead atoms. The maximum Gasteiger partial charge on any atom is 0.167 e. The average Bonchev–Trinajstić information content (AvgIpc) is 2.88. The predicted molar refractivity (Wildman–Crippen MR) is 93.6 cm³/mol. The third-order valence-corrected chi connectivity index (χ3v) is 4.25. The van der Waals surface area contributed by atoms with Gasteiger partial charge in [0.25, 0.3) is 0 Å². The highest BCUT2D eigenvalue weighted by Gasteiger charge is 2.16. The molecule has 0 amide bonds. The summed E-state index contributed by atoms with van der Waals surface area (Å²) in [6, 6.07) is 10.3. The van der Waals surface area contributed by atoms with Crippen LogP contribution in [0.15, 0.2) is 36.5 Å². The van der Waals surface area contributed by atoms with E-state index in [4.69, 9.17) is 4.74 Å². The lowest BCUT2D eigenvalue weighted by molar-refractivity contribution is 0.111. The standard InChI is InChI=1S/C20H21NO2/c1-5-23-20-9-15(4)14(3)8-18(20)17-10-16-7-6-13(2)11-21(16)19(17)12-22/h6-12H,5H2,1-4H3. The van der Waals surface area contributed by atoms with Gasteiger partial charge in [-0.25, -0.2) is 0 Å². The van der Waals surface area contributed by atoms with Crippen LogP contribution in [0.2, 0.25) is 0 Å². The quantitative estimate of drug-likeness (QED) is 0.652. The van der Waals surface area contributed by atoms with Crippen molar-refractivity contribution in [2.24, 2.45) is 0 Å². The van der Waals surface area contributed by atoms with Gasteiger partial charge in [-0.2, -0.15) is 0 Å². The van der Waals surface area contributed by atoms with Crippen LogP contribution in [0.4, 0.5) is 0 Å². The second kappa shape index (κ2) is 5.92. The molecule has 0 aliphatic carbocycles. The molecule has 0 radical (unpaired) electrons. The molecule has 3 heteroatoms. The number of hydrogen-bond acceptors (Lipinski definition) is 2. The average molecular weight is 307 g/mol. The van der Waals surface area contributed by atoms with Gasteiger partial charge in [0.2, 0.25) is 0 Å². The molecule has 0 saturated heterocycles. The van der Waals surface area contributed by atoms with Crippen LogP contribution in [0.3, 0.4) is 0 Å². The summed E-state index contributed by atoms with van der Waals surface area (Å²) in [5, 5.41) is 0. The zero-order chi connectivity index (χ0) is 16.6. The summed E-state index contributed by atoms with van der Waals surface area (Å²) in [4.78, 5) is 11.7. The van der Waals surface area contributed by atoms with Crippen LogP contribution in [-0.2, 0) is 0 Å². The fourth-order valence-corrected chi connectivity index (χ4v) is 2.91. The Labute approximate surface area is 136 Å². The van der Waals surface area contributed by atoms with Crippen molar-refractivity contribution in [3.63, 3.8) is 0 Å². The zero-order valence-electron chi connectivity index (χ0n) is 14.0. The molecule has 3 nitrogen and oxygen atoms in total. The lowest BCUT2D eigenvalue weighted by Gasteiger charge is -2.13. The van der Waals surface area contributed by atoms with E-state index in [-0.39, 0.29) is 0 Å². The van der Waals surface area contributed by atoms with Crippen molar-refractivity contribution >= 4 is 11.8 Å². The maximum atomic E-state index is 11.7. The number of aryl methyl sites for hydroxylation is 3. The Morgan fingerprint density at radius 1 is 1.04 bits per heavy atom. The van der Waals surface area contributed by atoms with Gasteiger partial charge >= 0.3 is 0 Å². The number of fused-ring (bicyclic) bond motifs is 1. The van der Waals surface area contributed by atoms with Crippen molar-refractivity contribution in [2.75, 3.05) is 6.61 Å². The van der Waals surface area contributed by atoms with E-state index in [2.05, 4.69) is 38.1 Å². The molecule has 0 unspecified atom stereocenters. The van der Waals surface area contributed by atoms with Gasteiger partial charge in [0.05, 0.1) is 12.3 Å². The molecule has 0 fully saturated rings. The number of carbonyl (C=O) groups excluding carboxylic acids is 1. The topological polar surface area (TPSA) is 30.7 Å². The van der Waals surface area contributed by atoms with Crippen LogP contribution >= 0.6 is 0 Å². The van der Waals surface area contributed by atoms with E-state index in [0.717, 1.165) is 34.2 Å². The molecule has 0 aliphatic heterocycles. The second-order valence-electron chi connectivity index (χ2n) is 5.93. The molecule has 0 aliphatic rings. The third-order valence-electron chi connectivity index (χ3n) is 4.25. The van der Waals surface area contributed by atoms with Crippen molar-refractivity contribution in [1.29, 1.82) is 0 Å². The second-order valence-corrected chi connectivity index (χ2v) is 5.93. The number of carbonyl (C=O) groups is 1. The van der Waals surface area contributed by atoms with Gasteiger partial charge in [-0.3, -0.25) is 4.79 Å². The van der Waals surface area contributed by atoms with Crippen LogP contribution < -0.4 is 4.74 Å². The first-order valence-corrected chi connectivity index (χ1v) is 7.86. The van der Waals surface area contributed by atoms with Crippen molar-refractivity contribution in [1.82, 2.24) is 4.40 Å². The van der Waals surface area contributed by atoms with E-state index in [1.54, 1.807) is 0 Å². The minimum absolute atomic E-state index is 0.596. The van der Waals surface area contributed by atoms with Gasteiger partial charge in [0.15, 0.2) is 6.29 Å². The zero-order valence-corrected chi connectivity index (χ0v) is 14.0. The van der Waals surface area contributed by atoms with Gasteiger partial charge in [0.1, 0.15) is 5.75 Å². The first-order valence-electron chi connectivity index (χ1n) is 7.86. The number of hydrogen-bond donors (Lipinski definition) is 0. The van der Waals surface area contributed by atoms with Gasteiger partial charge in [-0.1, -0.05) is 6.07 Å². The van der Waals surface area contributed by atoms with Crippen LogP contribution in [0.1, 0.15) is 34.1 Å². The van der Waals surface area contributed by atoms with E-state index < -0.39 is 0 Å². The van der Waals surface area contributed by atoms with Crippen LogP contribution in [-0.4, -0.2) is 17.3 Å². The highest BCUT2D eigenvalue weighted by atomic mass is 16.5. The lowest BCUT2D eigenvalue weighted by atomic mass is 9.99. The van der Waals surface area contributed by atoms with E-state index in [1.165, 1.54) is 11.1 Å². The molecule has 118 valence electrons. The molecule has 23 heavy (non-hydrogen) atoms. The molecule has 2 heterocycles. The normalized spacial score (nSPS) is 11.0. The Kier molecular flexibility index (Phi) is 3.95. The number of rotatable bonds is 4. The summed E-state index contributed by atoms with van der Waals surface area (Å²) in [7, 11) is 0. The van der Waals surface area contributed by atoms with Gasteiger partial charge in [-0.05, 0) is 68.7 Å². The lowest BCUT2D eigenvalue weighted by Crippen LogP contribution is -1.98. The Balaban J connectivity index is 2.32. The van der Waals surface area contributed by atoms with Crippen molar-refractivity contribution in [2.45, 2.75) is 27.7 Å². The molecule has 2 aromatic heterocycles. The SMILES string of the molecule is CCOc1cc(C)c(C)cc1-c1cc2ccc(C)cn2c1C=O. The Bertz CT molecular complexity index is 890. The number of pyridine rings is 1. The van der Waals surface area contributed by atoms with Crippen LogP contribution in [0, 0.1) is 20.8 Å². The van der Waals surface area contributed by atoms with E-state index in [0.29, 0.717) is 12.3 Å². The van der Waals surface area contributed by atoms with Crippen LogP contribution in [0.25, 0.3) is 16.6 Å². The van der Waals surface area contributed by atoms with Crippen LogP contribution in [0.5, 0.6) is 5.75 Å². The minimum atomic E-state index is 0.596. The minimum Gasteiger partial charge on any atom is -0.493 e. The predicted octanol–water partition coefficient (Wildman–Crippen LogP) is 4.74. The smallest absolute Gasteiger partial charge is 0.167 e. The number of nitrogens with zero attached hydrogens (tertiary/aromatic N) is 1. The molecule has 1 aromatic carbocycles. The number of ether oxygens (including phenoxy) is 1. The molecule has 0 spiro atoms. The summed E-state index contributed by atoms with van der Waals surface area (Å²) < 4.78 is 7.77. The number of benzene rings is 1. The Morgan fingerprint density at radius 3 is 2.48 bits per heavy atom. The number of aldehydes is 1. The summed E-state index contributed by atoms with van der Waals surface area (Å²) >= 11 is 0. The summed E-state index contributed by atoms with van der Waals surface area (Å²) in [5.74, 6) is 0.825. The third kappa shape index (κ3) is 2.63. The molecule has 3 aromatic rings. The van der Waals surface area contributed by atoms with E-state index >= 15 is 0 Å². The summed E-state index contributed by atoms with van der Waals surface area (Å²) in [5.41, 5.74) is 7.04. The van der Waals surface area contributed by atoms with Crippen molar-refractivity contribution in [3.8, 4) is 16.9 Å². The molecule has 0 N–H and O–H groups in total. The van der Waals surface area contributed by atoms with Gasteiger partial charge in [0, 0.05) is 22.8 Å². The molecule has 0 atom stereocenters. The van der Waals surface area contributed by atoms with Gasteiger partial charge < -0.3 is 9.14 Å². The summed E-state index contributed by atoms with van der Waals surface area (Å²) in [6.07, 6.45) is 2.91. The molecular formula is C20H21NO2. The van der Waals surface area contributed by atoms with E-state index in [9.17, 15) is 4.79 Å². The first-order chi connectivity index (χ1) is 11.0. The Morgan fingerprint density at radius 2 is 1.78 bits per heavy atom. The maximum absolute atomic E-state index is 11.7. The monoisotopic (exact) mass is 307 g/mol. The highest BCUT2D eigenvalue weighted by molar-refractivity contribution is 5.91. The highest BCUT2D eigenvalue weighted by Crippen LogP contribution is 2.36. The molecule has 0 saturated carbocycles. The largest absolute Gasteiger partial charge is 0.493 e. The fourth-order valence-electron chi connectivity index (χ4n) is 2.91. The Hall–Kier alpha value is -2.55. The molecule has 3 rings (SSSR count). The first kappa shape index (κ1) is 15.3. The fraction of sp³-hybridized carbons (Fsp3) is 0.250. The van der Waals surface area contributed by atoms with Crippen molar-refractivity contribution in [3.05, 3.63) is 58.9 Å². The van der Waals surface area contributed by atoms with Gasteiger partial charge in [-0.15, -0.1) is 0 Å². The van der Waals surface area contributed by atoms with E-state index in [1.807, 2.05) is 30.5 Å². The summed E-state index contributed by atoms with van der Waals surface area (Å²) in [6.45, 7) is 8.74. The van der Waals surface area contributed by atoms with Crippen molar-refractivity contribution < 1.29 is 9.53 Å². The molecular weight excluding hydrogens is 286 g/mol. The number of aromatic nitrogens is 1.